The standard InChI is InChI=1S/C17H24N4O2S.2ClH/c1-12(18)14-5-3-4-9-21(14)16(22)15-7-6-13(23-15)11-24-17-19-8-10-20(17)2;;/h6-8,10,12,14H,3-5,9,11,18H2,1-2H3;2*1H. The van der Waals surface area contributed by atoms with Crippen LogP contribution < -0.4 is 5.73 Å². The number of nitrogens with two attached hydrogens (primary N) is 1. The third-order valence-corrected chi connectivity index (χ3v) is 5.49. The molecule has 2 aromatic heterocycles. The molecule has 0 bridgehead atoms. The molecule has 9 heteroatoms. The van der Waals surface area contributed by atoms with Crippen molar-refractivity contribution in [3.63, 3.8) is 0 Å². The van der Waals surface area contributed by atoms with Crippen LogP contribution in [0.15, 0.2) is 34.1 Å². The first-order valence-corrected chi connectivity index (χ1v) is 9.30. The fourth-order valence-electron chi connectivity index (χ4n) is 3.09. The minimum absolute atomic E-state index is 0. The van der Waals surface area contributed by atoms with E-state index < -0.39 is 0 Å². The molecule has 3 heterocycles. The molecule has 6 nitrogen and oxygen atoms in total. The number of furan rings is 1. The number of imidazole rings is 1. The van der Waals surface area contributed by atoms with Crippen molar-refractivity contribution in [3.05, 3.63) is 36.0 Å². The van der Waals surface area contributed by atoms with Gasteiger partial charge < -0.3 is 19.6 Å². The number of hydrogen-bond acceptors (Lipinski definition) is 5. The van der Waals surface area contributed by atoms with Crippen LogP contribution in [0, 0.1) is 0 Å². The van der Waals surface area contributed by atoms with Crippen LogP contribution in [0.2, 0.25) is 0 Å². The topological polar surface area (TPSA) is 77.3 Å². The molecule has 0 saturated carbocycles. The van der Waals surface area contributed by atoms with E-state index in [-0.39, 0.29) is 42.8 Å². The van der Waals surface area contributed by atoms with E-state index in [2.05, 4.69) is 4.98 Å². The second kappa shape index (κ2) is 10.3. The molecule has 2 aromatic rings. The molecule has 1 aliphatic heterocycles. The lowest BCUT2D eigenvalue weighted by Crippen LogP contribution is -2.51. The number of halogens is 2. The summed E-state index contributed by atoms with van der Waals surface area (Å²) in [5, 5.41) is 0.923. The Balaban J connectivity index is 0.00000169. The van der Waals surface area contributed by atoms with Crippen LogP contribution in [0.3, 0.4) is 0 Å². The van der Waals surface area contributed by atoms with E-state index in [1.54, 1.807) is 24.0 Å². The van der Waals surface area contributed by atoms with Gasteiger partial charge in [0.05, 0.1) is 5.75 Å². The van der Waals surface area contributed by atoms with Gasteiger partial charge >= 0.3 is 0 Å². The highest BCUT2D eigenvalue weighted by Gasteiger charge is 2.31. The highest BCUT2D eigenvalue weighted by molar-refractivity contribution is 7.98. The number of nitrogens with zero attached hydrogens (tertiary/aromatic N) is 3. The summed E-state index contributed by atoms with van der Waals surface area (Å²) in [7, 11) is 1.96. The lowest BCUT2D eigenvalue weighted by molar-refractivity contribution is 0.0550. The first-order chi connectivity index (χ1) is 11.6. The molecule has 3 rings (SSSR count). The average molecular weight is 421 g/mol. The van der Waals surface area contributed by atoms with Crippen molar-refractivity contribution in [2.75, 3.05) is 6.54 Å². The minimum atomic E-state index is -0.0507. The van der Waals surface area contributed by atoms with Gasteiger partial charge in [-0.05, 0) is 38.3 Å². The number of rotatable bonds is 5. The number of likely N-dealkylation sites (tertiary alicyclic amines) is 1. The van der Waals surface area contributed by atoms with Crippen molar-refractivity contribution in [3.8, 4) is 0 Å². The summed E-state index contributed by atoms with van der Waals surface area (Å²) < 4.78 is 7.73. The third-order valence-electron chi connectivity index (χ3n) is 4.41. The van der Waals surface area contributed by atoms with E-state index in [4.69, 9.17) is 10.2 Å². The van der Waals surface area contributed by atoms with Crippen LogP contribution in [0.25, 0.3) is 0 Å². The fourth-order valence-corrected chi connectivity index (χ4v) is 3.92. The summed E-state index contributed by atoms with van der Waals surface area (Å²) in [5.41, 5.74) is 6.06. The first kappa shape index (κ1) is 22.9. The molecule has 0 aromatic carbocycles. The van der Waals surface area contributed by atoms with Crippen molar-refractivity contribution in [2.24, 2.45) is 12.8 Å². The van der Waals surface area contributed by atoms with E-state index in [9.17, 15) is 4.79 Å². The van der Waals surface area contributed by atoms with Crippen molar-refractivity contribution in [2.45, 2.75) is 49.2 Å². The Hall–Kier alpha value is -1.15. The zero-order valence-corrected chi connectivity index (χ0v) is 17.4. The van der Waals surface area contributed by atoms with E-state index in [1.807, 2.05) is 35.7 Å². The number of thioether (sulfide) groups is 1. The van der Waals surface area contributed by atoms with Gasteiger partial charge in [0.1, 0.15) is 5.76 Å². The van der Waals surface area contributed by atoms with E-state index in [0.717, 1.165) is 36.7 Å². The van der Waals surface area contributed by atoms with Gasteiger partial charge in [0.15, 0.2) is 10.9 Å². The molecule has 1 fully saturated rings. The largest absolute Gasteiger partial charge is 0.455 e. The highest BCUT2D eigenvalue weighted by atomic mass is 35.5. The van der Waals surface area contributed by atoms with Gasteiger partial charge in [-0.2, -0.15) is 0 Å². The molecular formula is C17H26Cl2N4O2S. The molecule has 2 unspecified atom stereocenters. The second-order valence-electron chi connectivity index (χ2n) is 6.30. The van der Waals surface area contributed by atoms with Crippen LogP contribution in [-0.4, -0.2) is 39.0 Å². The van der Waals surface area contributed by atoms with Gasteiger partial charge in [-0.1, -0.05) is 11.8 Å². The molecule has 146 valence electrons. The van der Waals surface area contributed by atoms with Gasteiger partial charge in [-0.25, -0.2) is 4.98 Å². The smallest absolute Gasteiger partial charge is 0.289 e. The predicted molar refractivity (Wildman–Crippen MR) is 108 cm³/mol. The molecular weight excluding hydrogens is 395 g/mol. The quantitative estimate of drug-likeness (QED) is 0.748. The Labute approximate surface area is 170 Å². The van der Waals surface area contributed by atoms with E-state index >= 15 is 0 Å². The summed E-state index contributed by atoms with van der Waals surface area (Å²) in [4.78, 5) is 18.9. The van der Waals surface area contributed by atoms with Crippen molar-refractivity contribution >= 4 is 42.5 Å². The number of aromatic nitrogens is 2. The number of carbonyl (C=O) groups excluding carboxylic acids is 1. The maximum absolute atomic E-state index is 12.8. The average Bonchev–Trinajstić information content (AvgIpc) is 3.21. The van der Waals surface area contributed by atoms with Gasteiger partial charge in [-0.3, -0.25) is 4.79 Å². The molecule has 0 aliphatic carbocycles. The zero-order valence-electron chi connectivity index (χ0n) is 15.0. The van der Waals surface area contributed by atoms with Crippen LogP contribution in [0.1, 0.15) is 42.5 Å². The predicted octanol–water partition coefficient (Wildman–Crippen LogP) is 3.49. The van der Waals surface area contributed by atoms with Crippen molar-refractivity contribution in [1.82, 2.24) is 14.5 Å². The van der Waals surface area contributed by atoms with Crippen molar-refractivity contribution in [1.29, 1.82) is 0 Å². The summed E-state index contributed by atoms with van der Waals surface area (Å²) in [6.45, 7) is 2.72. The van der Waals surface area contributed by atoms with Crippen LogP contribution in [0.4, 0.5) is 0 Å². The summed E-state index contributed by atoms with van der Waals surface area (Å²) in [6.07, 6.45) is 6.79. The number of carbonyl (C=O) groups is 1. The Bertz CT molecular complexity index is 705. The number of hydrogen-bond donors (Lipinski definition) is 1. The van der Waals surface area contributed by atoms with Gasteiger partial charge in [0.2, 0.25) is 0 Å². The van der Waals surface area contributed by atoms with E-state index in [0.29, 0.717) is 11.5 Å². The third kappa shape index (κ3) is 5.19. The van der Waals surface area contributed by atoms with Crippen molar-refractivity contribution < 1.29 is 9.21 Å². The van der Waals surface area contributed by atoms with Crippen LogP contribution >= 0.6 is 36.6 Å². The first-order valence-electron chi connectivity index (χ1n) is 8.31. The molecule has 0 radical (unpaired) electrons. The Morgan fingerprint density at radius 3 is 2.85 bits per heavy atom. The van der Waals surface area contributed by atoms with Crippen LogP contribution in [0.5, 0.6) is 0 Å². The molecule has 1 amide bonds. The number of piperidine rings is 1. The zero-order chi connectivity index (χ0) is 17.1. The maximum Gasteiger partial charge on any atom is 0.289 e. The Morgan fingerprint density at radius 2 is 2.19 bits per heavy atom. The lowest BCUT2D eigenvalue weighted by Gasteiger charge is -2.37. The normalized spacial score (nSPS) is 18.0. The Kier molecular flexibility index (Phi) is 9.03. The number of amides is 1. The maximum atomic E-state index is 12.8. The van der Waals surface area contributed by atoms with E-state index in [1.165, 1.54) is 0 Å². The fraction of sp³-hybridized carbons (Fsp3) is 0.529. The SMILES string of the molecule is CC(N)C1CCCCN1C(=O)c1ccc(CSc2nccn2C)o1.Cl.Cl. The minimum Gasteiger partial charge on any atom is -0.455 e. The summed E-state index contributed by atoms with van der Waals surface area (Å²) in [6, 6.07) is 3.71. The molecule has 1 saturated heterocycles. The molecule has 1 aliphatic rings. The second-order valence-corrected chi connectivity index (χ2v) is 7.24. The summed E-state index contributed by atoms with van der Waals surface area (Å²) >= 11 is 1.59. The van der Waals surface area contributed by atoms with Gasteiger partial charge in [0, 0.05) is 38.1 Å². The van der Waals surface area contributed by atoms with Gasteiger partial charge in [0.25, 0.3) is 5.91 Å². The Morgan fingerprint density at radius 1 is 1.42 bits per heavy atom. The lowest BCUT2D eigenvalue weighted by atomic mass is 9.96. The highest BCUT2D eigenvalue weighted by Crippen LogP contribution is 2.25. The molecule has 26 heavy (non-hydrogen) atoms. The van der Waals surface area contributed by atoms with Gasteiger partial charge in [-0.15, -0.1) is 24.8 Å². The monoisotopic (exact) mass is 420 g/mol. The summed E-state index contributed by atoms with van der Waals surface area (Å²) in [5.74, 6) is 1.78. The molecule has 0 spiro atoms. The molecule has 2 atom stereocenters. The number of aryl methyl sites for hydroxylation is 1. The molecule has 2 N–H and O–H groups in total. The van der Waals surface area contributed by atoms with Crippen LogP contribution in [-0.2, 0) is 12.8 Å².